The van der Waals surface area contributed by atoms with Crippen LogP contribution < -0.4 is 10.5 Å². The van der Waals surface area contributed by atoms with Crippen molar-refractivity contribution in [2.75, 3.05) is 6.54 Å². The van der Waals surface area contributed by atoms with Gasteiger partial charge in [-0.3, -0.25) is 0 Å². The van der Waals surface area contributed by atoms with Crippen LogP contribution in [0.5, 0.6) is 0 Å². The van der Waals surface area contributed by atoms with Crippen molar-refractivity contribution in [2.24, 2.45) is 5.73 Å². The first-order valence-corrected chi connectivity index (χ1v) is 6.86. The van der Waals surface area contributed by atoms with Crippen LogP contribution in [0.15, 0.2) is 23.1 Å². The first kappa shape index (κ1) is 14.1. The molecule has 17 heavy (non-hydrogen) atoms. The van der Waals surface area contributed by atoms with Gasteiger partial charge in [-0.05, 0) is 37.1 Å². The lowest BCUT2D eigenvalue weighted by molar-refractivity contribution is 0.562. The van der Waals surface area contributed by atoms with E-state index in [-0.39, 0.29) is 17.5 Å². The summed E-state index contributed by atoms with van der Waals surface area (Å²) in [4.78, 5) is 0.0854. The number of hydrogen-bond donors (Lipinski definition) is 2. The number of rotatable bonds is 5. The fourth-order valence-electron chi connectivity index (χ4n) is 1.35. The second kappa shape index (κ2) is 5.57. The van der Waals surface area contributed by atoms with E-state index in [2.05, 4.69) is 4.72 Å². The molecule has 1 unspecified atom stereocenters. The number of nitrogens with one attached hydrogen (secondary N) is 1. The third-order valence-corrected chi connectivity index (χ3v) is 4.07. The summed E-state index contributed by atoms with van der Waals surface area (Å²) in [6, 6.07) is 3.35. The Kier molecular flexibility index (Phi) is 4.62. The summed E-state index contributed by atoms with van der Waals surface area (Å²) >= 11 is 0. The van der Waals surface area contributed by atoms with E-state index < -0.39 is 15.8 Å². The molecule has 1 rings (SSSR count). The summed E-state index contributed by atoms with van der Waals surface area (Å²) in [5, 5.41) is 0. The van der Waals surface area contributed by atoms with Gasteiger partial charge in [-0.15, -0.1) is 0 Å². The van der Waals surface area contributed by atoms with Crippen LogP contribution in [0, 0.1) is 12.7 Å². The van der Waals surface area contributed by atoms with Gasteiger partial charge < -0.3 is 5.73 Å². The zero-order valence-electron chi connectivity index (χ0n) is 9.90. The Balaban J connectivity index is 2.90. The van der Waals surface area contributed by atoms with E-state index in [1.165, 1.54) is 12.1 Å². The van der Waals surface area contributed by atoms with Gasteiger partial charge in [0.1, 0.15) is 5.82 Å². The molecule has 0 saturated heterocycles. The smallest absolute Gasteiger partial charge is 0.240 e. The average Bonchev–Trinajstić information content (AvgIpc) is 2.25. The average molecular weight is 260 g/mol. The largest absolute Gasteiger partial charge is 0.327 e. The minimum absolute atomic E-state index is 0.0854. The first-order valence-electron chi connectivity index (χ1n) is 5.38. The van der Waals surface area contributed by atoms with Crippen LogP contribution in [0.3, 0.4) is 0 Å². The van der Waals surface area contributed by atoms with E-state index in [9.17, 15) is 12.8 Å². The summed E-state index contributed by atoms with van der Waals surface area (Å²) in [5.74, 6) is -0.452. The Labute approximate surface area is 101 Å². The molecule has 0 aliphatic carbocycles. The molecule has 0 aromatic heterocycles. The van der Waals surface area contributed by atoms with Crippen molar-refractivity contribution in [2.45, 2.75) is 31.2 Å². The van der Waals surface area contributed by atoms with Gasteiger partial charge in [-0.25, -0.2) is 17.5 Å². The molecule has 0 radical (unpaired) electrons. The summed E-state index contributed by atoms with van der Waals surface area (Å²) in [5.41, 5.74) is 6.01. The molecule has 0 saturated carbocycles. The fraction of sp³-hybridized carbons (Fsp3) is 0.455. The van der Waals surface area contributed by atoms with Gasteiger partial charge in [-0.2, -0.15) is 0 Å². The summed E-state index contributed by atoms with van der Waals surface area (Å²) < 4.78 is 39.1. The fourth-order valence-corrected chi connectivity index (χ4v) is 2.67. The highest BCUT2D eigenvalue weighted by atomic mass is 32.2. The van der Waals surface area contributed by atoms with Gasteiger partial charge in [-0.1, -0.05) is 6.92 Å². The molecule has 1 aromatic rings. The quantitative estimate of drug-likeness (QED) is 0.834. The first-order chi connectivity index (χ1) is 7.86. The van der Waals surface area contributed by atoms with Crippen LogP contribution in [-0.4, -0.2) is 21.0 Å². The second-order valence-electron chi connectivity index (χ2n) is 3.93. The molecule has 0 bridgehead atoms. The maximum Gasteiger partial charge on any atom is 0.240 e. The molecule has 1 atom stereocenters. The van der Waals surface area contributed by atoms with E-state index in [0.717, 1.165) is 6.07 Å². The van der Waals surface area contributed by atoms with Gasteiger partial charge in [0, 0.05) is 12.6 Å². The van der Waals surface area contributed by atoms with Gasteiger partial charge in [0.25, 0.3) is 0 Å². The van der Waals surface area contributed by atoms with E-state index in [0.29, 0.717) is 12.0 Å². The molecule has 0 fully saturated rings. The van der Waals surface area contributed by atoms with Gasteiger partial charge in [0.15, 0.2) is 0 Å². The maximum atomic E-state index is 12.9. The van der Waals surface area contributed by atoms with Gasteiger partial charge >= 0.3 is 0 Å². The lowest BCUT2D eigenvalue weighted by Gasteiger charge is -2.12. The predicted molar refractivity (Wildman–Crippen MR) is 64.6 cm³/mol. The van der Waals surface area contributed by atoms with Crippen molar-refractivity contribution in [3.63, 3.8) is 0 Å². The van der Waals surface area contributed by atoms with E-state index in [1.54, 1.807) is 6.92 Å². The highest BCUT2D eigenvalue weighted by Gasteiger charge is 2.17. The normalized spacial score (nSPS) is 13.6. The molecular formula is C11H17FN2O2S. The summed E-state index contributed by atoms with van der Waals surface area (Å²) in [6.45, 7) is 3.61. The molecular weight excluding hydrogens is 243 g/mol. The molecule has 4 nitrogen and oxygen atoms in total. The van der Waals surface area contributed by atoms with Gasteiger partial charge in [0.05, 0.1) is 4.90 Å². The number of halogens is 1. The molecule has 0 spiro atoms. The molecule has 96 valence electrons. The van der Waals surface area contributed by atoms with Crippen molar-refractivity contribution in [1.82, 2.24) is 4.72 Å². The molecule has 3 N–H and O–H groups in total. The van der Waals surface area contributed by atoms with Gasteiger partial charge in [0.2, 0.25) is 10.0 Å². The van der Waals surface area contributed by atoms with Crippen LogP contribution in [0.4, 0.5) is 4.39 Å². The molecule has 0 amide bonds. The number of sulfonamides is 1. The minimum atomic E-state index is -3.61. The zero-order valence-corrected chi connectivity index (χ0v) is 10.7. The number of hydrogen-bond acceptors (Lipinski definition) is 3. The second-order valence-corrected chi connectivity index (χ2v) is 5.67. The standard InChI is InChI=1S/C11H17FN2O2S/c1-3-10(13)7-14-17(15,16)11-5-4-9(12)6-8(11)2/h4-6,10,14H,3,7,13H2,1-2H3. The summed E-state index contributed by atoms with van der Waals surface area (Å²) in [7, 11) is -3.61. The highest BCUT2D eigenvalue weighted by molar-refractivity contribution is 7.89. The van der Waals surface area contributed by atoms with E-state index >= 15 is 0 Å². The van der Waals surface area contributed by atoms with Crippen LogP contribution in [-0.2, 0) is 10.0 Å². The Morgan fingerprint density at radius 1 is 1.47 bits per heavy atom. The van der Waals surface area contributed by atoms with Crippen molar-refractivity contribution in [1.29, 1.82) is 0 Å². The Morgan fingerprint density at radius 3 is 2.65 bits per heavy atom. The van der Waals surface area contributed by atoms with E-state index in [1.807, 2.05) is 6.92 Å². The van der Waals surface area contributed by atoms with E-state index in [4.69, 9.17) is 5.73 Å². The Morgan fingerprint density at radius 2 is 2.12 bits per heavy atom. The monoisotopic (exact) mass is 260 g/mol. The predicted octanol–water partition coefficient (Wildman–Crippen LogP) is 1.15. The molecule has 6 heteroatoms. The van der Waals surface area contributed by atoms with Crippen LogP contribution in [0.2, 0.25) is 0 Å². The van der Waals surface area contributed by atoms with Crippen LogP contribution >= 0.6 is 0 Å². The summed E-state index contributed by atoms with van der Waals surface area (Å²) in [6.07, 6.45) is 0.685. The maximum absolute atomic E-state index is 12.9. The topological polar surface area (TPSA) is 72.2 Å². The third kappa shape index (κ3) is 3.76. The lowest BCUT2D eigenvalue weighted by atomic mass is 10.2. The van der Waals surface area contributed by atoms with Crippen molar-refractivity contribution < 1.29 is 12.8 Å². The zero-order chi connectivity index (χ0) is 13.1. The Hall–Kier alpha value is -0.980. The van der Waals surface area contributed by atoms with Crippen molar-refractivity contribution in [3.8, 4) is 0 Å². The highest BCUT2D eigenvalue weighted by Crippen LogP contribution is 2.15. The van der Waals surface area contributed by atoms with Crippen LogP contribution in [0.25, 0.3) is 0 Å². The molecule has 1 aromatic carbocycles. The Bertz CT molecular complexity index is 488. The van der Waals surface area contributed by atoms with Crippen molar-refractivity contribution >= 4 is 10.0 Å². The lowest BCUT2D eigenvalue weighted by Crippen LogP contribution is -2.36. The SMILES string of the molecule is CCC(N)CNS(=O)(=O)c1ccc(F)cc1C. The molecule has 0 aliphatic heterocycles. The molecule has 0 aliphatic rings. The third-order valence-electron chi connectivity index (χ3n) is 2.49. The number of aryl methyl sites for hydroxylation is 1. The number of benzene rings is 1. The molecule has 0 heterocycles. The minimum Gasteiger partial charge on any atom is -0.327 e. The van der Waals surface area contributed by atoms with Crippen LogP contribution in [0.1, 0.15) is 18.9 Å². The number of nitrogens with two attached hydrogens (primary N) is 1. The van der Waals surface area contributed by atoms with Crippen molar-refractivity contribution in [3.05, 3.63) is 29.6 Å².